The van der Waals surface area contributed by atoms with Crippen molar-refractivity contribution < 1.29 is 19.4 Å². The molecule has 2 aromatic rings. The van der Waals surface area contributed by atoms with E-state index in [0.717, 1.165) is 24.8 Å². The van der Waals surface area contributed by atoms with E-state index in [9.17, 15) is 14.7 Å². The first-order valence-electron chi connectivity index (χ1n) is 10.6. The molecular weight excluding hydrogens is 418 g/mol. The van der Waals surface area contributed by atoms with E-state index >= 15 is 0 Å². The third-order valence-electron chi connectivity index (χ3n) is 5.37. The molecule has 1 heterocycles. The smallest absolute Gasteiger partial charge is 0.253 e. The number of aliphatic hydroxyl groups excluding tert-OH is 1. The number of aromatic nitrogens is 1. The highest BCUT2D eigenvalue weighted by Crippen LogP contribution is 2.30. The van der Waals surface area contributed by atoms with E-state index < -0.39 is 6.10 Å². The molecular formula is C23H28ClN3O4. The van der Waals surface area contributed by atoms with Gasteiger partial charge in [-0.1, -0.05) is 36.6 Å². The van der Waals surface area contributed by atoms with Crippen LogP contribution in [0.1, 0.15) is 55.3 Å². The molecule has 1 aromatic carbocycles. The minimum atomic E-state index is -0.524. The predicted octanol–water partition coefficient (Wildman–Crippen LogP) is 3.47. The van der Waals surface area contributed by atoms with Gasteiger partial charge in [-0.25, -0.2) is 4.98 Å². The Labute approximate surface area is 187 Å². The summed E-state index contributed by atoms with van der Waals surface area (Å²) in [5, 5.41) is 13.7. The number of primary amides is 1. The zero-order chi connectivity index (χ0) is 22.2. The first-order chi connectivity index (χ1) is 14.9. The Morgan fingerprint density at radius 2 is 1.94 bits per heavy atom. The minimum Gasteiger partial charge on any atom is -0.477 e. The van der Waals surface area contributed by atoms with E-state index in [4.69, 9.17) is 22.1 Å². The topological polar surface area (TPSA) is 115 Å². The van der Waals surface area contributed by atoms with Crippen molar-refractivity contribution in [3.8, 4) is 17.0 Å². The van der Waals surface area contributed by atoms with Crippen LogP contribution in [0.2, 0.25) is 5.02 Å². The van der Waals surface area contributed by atoms with Crippen molar-refractivity contribution in [1.82, 2.24) is 10.3 Å². The number of carbonyl (C=O) groups is 2. The molecule has 0 aliphatic heterocycles. The summed E-state index contributed by atoms with van der Waals surface area (Å²) in [6.07, 6.45) is 5.97. The molecule has 31 heavy (non-hydrogen) atoms. The van der Waals surface area contributed by atoms with Gasteiger partial charge in [0.1, 0.15) is 0 Å². The van der Waals surface area contributed by atoms with Gasteiger partial charge in [-0.2, -0.15) is 0 Å². The van der Waals surface area contributed by atoms with Gasteiger partial charge in [0.15, 0.2) is 0 Å². The van der Waals surface area contributed by atoms with Crippen molar-refractivity contribution in [2.45, 2.75) is 57.1 Å². The van der Waals surface area contributed by atoms with Crippen LogP contribution in [0.25, 0.3) is 11.1 Å². The zero-order valence-corrected chi connectivity index (χ0v) is 18.1. The van der Waals surface area contributed by atoms with Crippen molar-refractivity contribution >= 4 is 23.4 Å². The lowest BCUT2D eigenvalue weighted by molar-refractivity contribution is -0.118. The molecule has 1 aliphatic carbocycles. The van der Waals surface area contributed by atoms with E-state index in [0.29, 0.717) is 54.3 Å². The van der Waals surface area contributed by atoms with Crippen molar-refractivity contribution in [2.24, 2.45) is 5.73 Å². The molecule has 8 heteroatoms. The third kappa shape index (κ3) is 6.67. The van der Waals surface area contributed by atoms with E-state index in [1.54, 1.807) is 18.2 Å². The summed E-state index contributed by atoms with van der Waals surface area (Å²) in [5.74, 6) is -0.212. The van der Waals surface area contributed by atoms with Gasteiger partial charge < -0.3 is 20.9 Å². The molecule has 0 bridgehead atoms. The number of pyridine rings is 1. The van der Waals surface area contributed by atoms with Gasteiger partial charge in [-0.05, 0) is 49.4 Å². The molecule has 1 saturated carbocycles. The normalized spacial score (nSPS) is 18.4. The van der Waals surface area contributed by atoms with Crippen LogP contribution < -0.4 is 15.8 Å². The molecule has 166 valence electrons. The van der Waals surface area contributed by atoms with Crippen LogP contribution in [0, 0.1) is 0 Å². The molecule has 7 nitrogen and oxygen atoms in total. The summed E-state index contributed by atoms with van der Waals surface area (Å²) in [4.78, 5) is 28.0. The number of amides is 2. The van der Waals surface area contributed by atoms with Gasteiger partial charge in [-0.3, -0.25) is 9.59 Å². The van der Waals surface area contributed by atoms with Gasteiger partial charge >= 0.3 is 0 Å². The first-order valence-corrected chi connectivity index (χ1v) is 11.0. The quantitative estimate of drug-likeness (QED) is 0.511. The van der Waals surface area contributed by atoms with Crippen molar-refractivity contribution in [3.63, 3.8) is 0 Å². The SMILES string of the molecule is NC(=O)CCCCOc1ncc(C(=O)NC2CCCC[C@H]2O)cc1-c1ccc(Cl)cc1. The number of nitrogens with two attached hydrogens (primary N) is 1. The Hall–Kier alpha value is -2.64. The Bertz CT molecular complexity index is 904. The molecule has 1 aromatic heterocycles. The van der Waals surface area contributed by atoms with Gasteiger partial charge in [0, 0.05) is 23.2 Å². The van der Waals surface area contributed by atoms with Crippen molar-refractivity contribution in [1.29, 1.82) is 0 Å². The fourth-order valence-electron chi connectivity index (χ4n) is 3.63. The van der Waals surface area contributed by atoms with E-state index in [-0.39, 0.29) is 17.9 Å². The highest BCUT2D eigenvalue weighted by molar-refractivity contribution is 6.30. The van der Waals surface area contributed by atoms with Gasteiger partial charge in [0.25, 0.3) is 5.91 Å². The highest BCUT2D eigenvalue weighted by Gasteiger charge is 2.25. The number of unbranched alkanes of at least 4 members (excludes halogenated alkanes) is 1. The number of benzene rings is 1. The number of hydrogen-bond acceptors (Lipinski definition) is 5. The number of carbonyl (C=O) groups excluding carboxylic acids is 2. The van der Waals surface area contributed by atoms with Crippen molar-refractivity contribution in [2.75, 3.05) is 6.61 Å². The molecule has 4 N–H and O–H groups in total. The summed E-state index contributed by atoms with van der Waals surface area (Å²) in [5.41, 5.74) is 7.04. The molecule has 0 saturated heterocycles. The summed E-state index contributed by atoms with van der Waals surface area (Å²) in [6, 6.07) is 8.69. The Kier molecular flexibility index (Phi) is 8.26. The fraction of sp³-hybridized carbons (Fsp3) is 0.435. The summed E-state index contributed by atoms with van der Waals surface area (Å²) >= 11 is 6.01. The van der Waals surface area contributed by atoms with E-state index in [1.807, 2.05) is 12.1 Å². The zero-order valence-electron chi connectivity index (χ0n) is 17.4. The lowest BCUT2D eigenvalue weighted by Crippen LogP contribution is -2.45. The van der Waals surface area contributed by atoms with Gasteiger partial charge in [-0.15, -0.1) is 0 Å². The third-order valence-corrected chi connectivity index (χ3v) is 5.62. The second-order valence-electron chi connectivity index (χ2n) is 7.79. The largest absolute Gasteiger partial charge is 0.477 e. The fourth-order valence-corrected chi connectivity index (χ4v) is 3.76. The number of rotatable bonds is 9. The maximum Gasteiger partial charge on any atom is 0.253 e. The minimum absolute atomic E-state index is 0.249. The second-order valence-corrected chi connectivity index (χ2v) is 8.22. The molecule has 2 atom stereocenters. The molecule has 2 amide bonds. The Balaban J connectivity index is 1.76. The van der Waals surface area contributed by atoms with Crippen molar-refractivity contribution in [3.05, 3.63) is 47.1 Å². The molecule has 1 fully saturated rings. The predicted molar refractivity (Wildman–Crippen MR) is 119 cm³/mol. The summed E-state index contributed by atoms with van der Waals surface area (Å²) in [6.45, 7) is 0.376. The van der Waals surface area contributed by atoms with E-state index in [1.165, 1.54) is 6.20 Å². The maximum absolute atomic E-state index is 12.8. The highest BCUT2D eigenvalue weighted by atomic mass is 35.5. The van der Waals surface area contributed by atoms with Crippen LogP contribution >= 0.6 is 11.6 Å². The standard InChI is InChI=1S/C23H28ClN3O4/c24-17-10-8-15(9-11-17)18-13-16(22(30)27-19-5-1-2-6-20(19)28)14-26-23(18)31-12-4-3-7-21(25)29/h8-11,13-14,19-20,28H,1-7,12H2,(H2,25,29)(H,27,30)/t19?,20-/m1/s1. The van der Waals surface area contributed by atoms with Crippen LogP contribution in [0.3, 0.4) is 0 Å². The number of nitrogens with zero attached hydrogens (tertiary/aromatic N) is 1. The van der Waals surface area contributed by atoms with Crippen LogP contribution in [0.4, 0.5) is 0 Å². The number of aliphatic hydroxyl groups is 1. The van der Waals surface area contributed by atoms with Crippen LogP contribution in [-0.2, 0) is 4.79 Å². The number of ether oxygens (including phenoxy) is 1. The van der Waals surface area contributed by atoms with Gasteiger partial charge in [0.2, 0.25) is 11.8 Å². The number of nitrogens with one attached hydrogen (secondary N) is 1. The second kappa shape index (κ2) is 11.1. The lowest BCUT2D eigenvalue weighted by Gasteiger charge is -2.28. The monoisotopic (exact) mass is 445 g/mol. The average molecular weight is 446 g/mol. The summed E-state index contributed by atoms with van der Waals surface area (Å²) < 4.78 is 5.84. The molecule has 1 aliphatic rings. The van der Waals surface area contributed by atoms with Crippen LogP contribution in [-0.4, -0.2) is 40.7 Å². The Morgan fingerprint density at radius 1 is 1.19 bits per heavy atom. The van der Waals surface area contributed by atoms with E-state index in [2.05, 4.69) is 10.3 Å². The molecule has 0 radical (unpaired) electrons. The number of hydrogen-bond donors (Lipinski definition) is 3. The van der Waals surface area contributed by atoms with Crippen LogP contribution in [0.15, 0.2) is 36.5 Å². The molecule has 1 unspecified atom stereocenters. The Morgan fingerprint density at radius 3 is 2.65 bits per heavy atom. The first kappa shape index (κ1) is 23.0. The molecule has 3 rings (SSSR count). The molecule has 0 spiro atoms. The maximum atomic E-state index is 12.8. The van der Waals surface area contributed by atoms with Gasteiger partial charge in [0.05, 0.1) is 24.3 Å². The lowest BCUT2D eigenvalue weighted by atomic mass is 9.92. The van der Waals surface area contributed by atoms with Crippen LogP contribution in [0.5, 0.6) is 5.88 Å². The average Bonchev–Trinajstić information content (AvgIpc) is 2.75. The number of halogens is 1. The summed E-state index contributed by atoms with van der Waals surface area (Å²) in [7, 11) is 0.